The SMILES string of the molecule is CC1(C)c2ccccc2C2(c3ccccc3Sc3cc(-c4nnc(-c5ccccc5)s4)ccc32)c2ccccc21. The molecule has 6 aromatic rings. The van der Waals surface area contributed by atoms with Crippen LogP contribution in [0.5, 0.6) is 0 Å². The van der Waals surface area contributed by atoms with E-state index >= 15 is 0 Å². The van der Waals surface area contributed by atoms with Crippen molar-refractivity contribution >= 4 is 23.1 Å². The Kier molecular flexibility index (Phi) is 5.22. The Morgan fingerprint density at radius 2 is 1.00 bits per heavy atom. The lowest BCUT2D eigenvalue weighted by Crippen LogP contribution is -2.43. The fraction of sp³-hybridized carbons (Fsp3) is 0.111. The van der Waals surface area contributed by atoms with E-state index < -0.39 is 5.41 Å². The van der Waals surface area contributed by atoms with Crippen LogP contribution < -0.4 is 0 Å². The molecule has 4 heteroatoms. The fourth-order valence-electron chi connectivity index (χ4n) is 6.80. The quantitative estimate of drug-likeness (QED) is 0.214. The Morgan fingerprint density at radius 1 is 0.475 bits per heavy atom. The molecule has 2 aliphatic rings. The molecule has 0 radical (unpaired) electrons. The minimum absolute atomic E-state index is 0.0987. The lowest BCUT2D eigenvalue weighted by molar-refractivity contribution is 0.549. The third-order valence-electron chi connectivity index (χ3n) is 8.60. The van der Waals surface area contributed by atoms with Crippen LogP contribution in [0.2, 0.25) is 0 Å². The minimum atomic E-state index is -0.394. The molecule has 5 aromatic carbocycles. The van der Waals surface area contributed by atoms with Crippen molar-refractivity contribution in [2.45, 2.75) is 34.5 Å². The summed E-state index contributed by atoms with van der Waals surface area (Å²) in [5.41, 5.74) is 9.95. The predicted octanol–water partition coefficient (Wildman–Crippen LogP) is 9.36. The second-order valence-electron chi connectivity index (χ2n) is 11.1. The van der Waals surface area contributed by atoms with Gasteiger partial charge in [-0.2, -0.15) is 0 Å². The van der Waals surface area contributed by atoms with Crippen LogP contribution in [0.4, 0.5) is 0 Å². The summed E-state index contributed by atoms with van der Waals surface area (Å²) in [6.45, 7) is 4.73. The van der Waals surface area contributed by atoms with Gasteiger partial charge in [-0.3, -0.25) is 0 Å². The van der Waals surface area contributed by atoms with E-state index in [1.54, 1.807) is 11.3 Å². The van der Waals surface area contributed by atoms with Gasteiger partial charge < -0.3 is 0 Å². The van der Waals surface area contributed by atoms with Crippen LogP contribution >= 0.6 is 23.1 Å². The van der Waals surface area contributed by atoms with Gasteiger partial charge in [0.25, 0.3) is 0 Å². The van der Waals surface area contributed by atoms with Gasteiger partial charge in [0.2, 0.25) is 0 Å². The lowest BCUT2D eigenvalue weighted by Gasteiger charge is -2.50. The summed E-state index contributed by atoms with van der Waals surface area (Å²) in [5.74, 6) is 0. The van der Waals surface area contributed by atoms with Crippen LogP contribution in [0.3, 0.4) is 0 Å². The smallest absolute Gasteiger partial charge is 0.138 e. The van der Waals surface area contributed by atoms with Crippen molar-refractivity contribution in [3.63, 3.8) is 0 Å². The molecule has 0 N–H and O–H groups in total. The highest BCUT2D eigenvalue weighted by Crippen LogP contribution is 2.61. The lowest BCUT2D eigenvalue weighted by atomic mass is 9.54. The monoisotopic (exact) mass is 550 g/mol. The van der Waals surface area contributed by atoms with E-state index in [2.05, 4.69) is 127 Å². The summed E-state index contributed by atoms with van der Waals surface area (Å²) >= 11 is 3.52. The molecule has 2 heterocycles. The fourth-order valence-corrected chi connectivity index (χ4v) is 8.87. The molecule has 0 bridgehead atoms. The number of hydrogen-bond acceptors (Lipinski definition) is 4. The molecule has 0 unspecified atom stereocenters. The van der Waals surface area contributed by atoms with Crippen molar-refractivity contribution in [3.8, 4) is 21.1 Å². The highest BCUT2D eigenvalue weighted by atomic mass is 32.2. The van der Waals surface area contributed by atoms with E-state index in [0.29, 0.717) is 0 Å². The van der Waals surface area contributed by atoms with Gasteiger partial charge in [0.1, 0.15) is 10.0 Å². The maximum absolute atomic E-state index is 4.61. The molecule has 0 amide bonds. The Balaban J connectivity index is 1.39. The third-order valence-corrected chi connectivity index (χ3v) is 10.8. The molecule has 192 valence electrons. The average Bonchev–Trinajstić information content (AvgIpc) is 3.50. The molecule has 1 spiro atoms. The molecule has 0 saturated carbocycles. The summed E-state index contributed by atoms with van der Waals surface area (Å²) < 4.78 is 0. The molecule has 1 aliphatic heterocycles. The van der Waals surface area contributed by atoms with Crippen LogP contribution in [-0.4, -0.2) is 10.2 Å². The zero-order valence-corrected chi connectivity index (χ0v) is 23.9. The zero-order valence-electron chi connectivity index (χ0n) is 22.3. The van der Waals surface area contributed by atoms with Crippen molar-refractivity contribution < 1.29 is 0 Å². The first-order valence-electron chi connectivity index (χ1n) is 13.6. The van der Waals surface area contributed by atoms with Gasteiger partial charge in [-0.25, -0.2) is 0 Å². The van der Waals surface area contributed by atoms with Gasteiger partial charge in [-0.05, 0) is 45.5 Å². The normalized spacial score (nSPS) is 15.6. The van der Waals surface area contributed by atoms with Crippen LogP contribution in [0.25, 0.3) is 21.1 Å². The first kappa shape index (κ1) is 23.9. The number of hydrogen-bond donors (Lipinski definition) is 0. The van der Waals surface area contributed by atoms with E-state index in [1.165, 1.54) is 43.2 Å². The largest absolute Gasteiger partial charge is 0.148 e. The number of aromatic nitrogens is 2. The first-order valence-corrected chi connectivity index (χ1v) is 15.2. The summed E-state index contributed by atoms with van der Waals surface area (Å²) in [5, 5.41) is 11.0. The molecule has 0 atom stereocenters. The molecule has 2 nitrogen and oxygen atoms in total. The highest BCUT2D eigenvalue weighted by Gasteiger charge is 2.51. The van der Waals surface area contributed by atoms with Crippen molar-refractivity contribution in [3.05, 3.63) is 155 Å². The highest BCUT2D eigenvalue weighted by molar-refractivity contribution is 7.99. The van der Waals surface area contributed by atoms with Crippen LogP contribution in [-0.2, 0) is 10.8 Å². The van der Waals surface area contributed by atoms with E-state index in [-0.39, 0.29) is 5.41 Å². The second-order valence-corrected chi connectivity index (χ2v) is 13.1. The molecule has 40 heavy (non-hydrogen) atoms. The Morgan fingerprint density at radius 3 is 1.68 bits per heavy atom. The van der Waals surface area contributed by atoms with Crippen molar-refractivity contribution in [2.24, 2.45) is 0 Å². The van der Waals surface area contributed by atoms with Crippen molar-refractivity contribution in [1.29, 1.82) is 0 Å². The minimum Gasteiger partial charge on any atom is -0.138 e. The molecule has 8 rings (SSSR count). The van der Waals surface area contributed by atoms with Gasteiger partial charge in [0.05, 0.1) is 5.41 Å². The molecular formula is C36H26N2S2. The Hall–Kier alpha value is -3.99. The molecular weight excluding hydrogens is 525 g/mol. The second kappa shape index (κ2) is 8.76. The summed E-state index contributed by atoms with van der Waals surface area (Å²) in [4.78, 5) is 2.58. The molecule has 0 saturated heterocycles. The Labute approximate surface area is 242 Å². The molecule has 0 fully saturated rings. The van der Waals surface area contributed by atoms with Gasteiger partial charge in [-0.1, -0.05) is 146 Å². The van der Waals surface area contributed by atoms with Crippen LogP contribution in [0, 0.1) is 0 Å². The van der Waals surface area contributed by atoms with Gasteiger partial charge in [-0.15, -0.1) is 10.2 Å². The maximum atomic E-state index is 4.61. The maximum Gasteiger partial charge on any atom is 0.148 e. The zero-order chi connectivity index (χ0) is 26.9. The third kappa shape index (κ3) is 3.24. The first-order chi connectivity index (χ1) is 19.6. The van der Waals surface area contributed by atoms with Gasteiger partial charge in [0.15, 0.2) is 0 Å². The summed E-state index contributed by atoms with van der Waals surface area (Å²) in [7, 11) is 0. The van der Waals surface area contributed by atoms with Gasteiger partial charge in [0, 0.05) is 26.3 Å². The Bertz CT molecular complexity index is 1870. The summed E-state index contributed by atoms with van der Waals surface area (Å²) in [6.07, 6.45) is 0. The van der Waals surface area contributed by atoms with E-state index in [9.17, 15) is 0 Å². The van der Waals surface area contributed by atoms with Crippen LogP contribution in [0.15, 0.2) is 131 Å². The number of benzene rings is 5. The molecule has 1 aliphatic carbocycles. The van der Waals surface area contributed by atoms with E-state index in [1.807, 2.05) is 30.0 Å². The average molecular weight is 551 g/mol. The topological polar surface area (TPSA) is 25.8 Å². The van der Waals surface area contributed by atoms with Gasteiger partial charge >= 0.3 is 0 Å². The van der Waals surface area contributed by atoms with E-state index in [0.717, 1.165) is 21.1 Å². The number of fused-ring (bicyclic) bond motifs is 8. The number of nitrogens with zero attached hydrogens (tertiary/aromatic N) is 2. The summed E-state index contributed by atoms with van der Waals surface area (Å²) in [6, 6.07) is 44.4. The number of rotatable bonds is 2. The van der Waals surface area contributed by atoms with Crippen molar-refractivity contribution in [1.82, 2.24) is 10.2 Å². The standard InChI is InChI=1S/C36H26N2S2/c1-35(2)25-14-6-8-16-27(25)36(28-17-9-7-15-26(28)35)29-18-10-11-19-31(29)39-32-22-24(20-21-30(32)36)34-38-37-33(40-34)23-12-4-3-5-13-23/h3-22H,1-2H3. The predicted molar refractivity (Wildman–Crippen MR) is 165 cm³/mol. The molecule has 1 aromatic heterocycles. The van der Waals surface area contributed by atoms with Crippen LogP contribution in [0.1, 0.15) is 47.2 Å². The van der Waals surface area contributed by atoms with E-state index in [4.69, 9.17) is 0 Å². The van der Waals surface area contributed by atoms with Crippen molar-refractivity contribution in [2.75, 3.05) is 0 Å².